The summed E-state index contributed by atoms with van der Waals surface area (Å²) in [5.74, 6) is -1.13. The van der Waals surface area contributed by atoms with Crippen LogP contribution >= 0.6 is 0 Å². The van der Waals surface area contributed by atoms with Gasteiger partial charge in [-0.15, -0.1) is 0 Å². The molecule has 2 aromatic carbocycles. The largest absolute Gasteiger partial charge is 0.481 e. The van der Waals surface area contributed by atoms with Crippen molar-refractivity contribution in [1.29, 1.82) is 0 Å². The second-order valence-electron chi connectivity index (χ2n) is 9.10. The fraction of sp³-hybridized carbons (Fsp3) is 0.423. The number of amides is 2. The molecular formula is C26H30N2O6. The van der Waals surface area contributed by atoms with Gasteiger partial charge in [-0.3, -0.25) is 9.59 Å². The van der Waals surface area contributed by atoms with Gasteiger partial charge in [0.15, 0.2) is 0 Å². The van der Waals surface area contributed by atoms with E-state index in [1.807, 2.05) is 31.2 Å². The molecule has 1 saturated heterocycles. The molecular weight excluding hydrogens is 436 g/mol. The zero-order valence-electron chi connectivity index (χ0n) is 19.5. The van der Waals surface area contributed by atoms with E-state index in [4.69, 9.17) is 9.47 Å². The number of carbonyl (C=O) groups excluding carboxylic acids is 2. The molecule has 2 amide bonds. The summed E-state index contributed by atoms with van der Waals surface area (Å²) >= 11 is 0. The van der Waals surface area contributed by atoms with E-state index in [2.05, 4.69) is 29.6 Å². The molecule has 2 N–H and O–H groups in total. The van der Waals surface area contributed by atoms with E-state index in [1.165, 1.54) is 4.90 Å². The van der Waals surface area contributed by atoms with Crippen LogP contribution < -0.4 is 5.32 Å². The summed E-state index contributed by atoms with van der Waals surface area (Å²) in [6, 6.07) is 16.2. The Kier molecular flexibility index (Phi) is 6.88. The number of alkyl carbamates (subject to hydrolysis) is 1. The average molecular weight is 467 g/mol. The molecule has 1 heterocycles. The molecule has 0 saturated carbocycles. The third-order valence-corrected chi connectivity index (χ3v) is 6.57. The highest BCUT2D eigenvalue weighted by atomic mass is 16.5. The fourth-order valence-electron chi connectivity index (χ4n) is 4.70. The zero-order valence-corrected chi connectivity index (χ0v) is 19.5. The third kappa shape index (κ3) is 4.77. The van der Waals surface area contributed by atoms with Crippen molar-refractivity contribution in [3.63, 3.8) is 0 Å². The van der Waals surface area contributed by atoms with E-state index < -0.39 is 23.6 Å². The Morgan fingerprint density at radius 3 is 2.24 bits per heavy atom. The van der Waals surface area contributed by atoms with Crippen LogP contribution in [0.2, 0.25) is 0 Å². The summed E-state index contributed by atoms with van der Waals surface area (Å²) in [5.41, 5.74) is 3.70. The number of nitrogens with zero attached hydrogens (tertiary/aromatic N) is 1. The Labute approximate surface area is 198 Å². The Morgan fingerprint density at radius 2 is 1.68 bits per heavy atom. The van der Waals surface area contributed by atoms with Crippen LogP contribution in [0.1, 0.15) is 37.3 Å². The molecule has 0 bridgehead atoms. The smallest absolute Gasteiger partial charge is 0.407 e. The van der Waals surface area contributed by atoms with Crippen molar-refractivity contribution >= 4 is 18.0 Å². The van der Waals surface area contributed by atoms with E-state index in [9.17, 15) is 19.5 Å². The Morgan fingerprint density at radius 1 is 1.09 bits per heavy atom. The normalized spacial score (nSPS) is 16.7. The first kappa shape index (κ1) is 23.8. The van der Waals surface area contributed by atoms with Crippen molar-refractivity contribution in [2.45, 2.75) is 32.3 Å². The summed E-state index contributed by atoms with van der Waals surface area (Å²) in [6.07, 6.45) is -1.02. The lowest BCUT2D eigenvalue weighted by molar-refractivity contribution is -0.164. The van der Waals surface area contributed by atoms with Gasteiger partial charge in [-0.1, -0.05) is 48.5 Å². The van der Waals surface area contributed by atoms with Gasteiger partial charge in [-0.2, -0.15) is 0 Å². The maximum Gasteiger partial charge on any atom is 0.407 e. The first-order valence-electron chi connectivity index (χ1n) is 11.5. The number of benzene rings is 2. The molecule has 2 aromatic rings. The number of nitrogens with one attached hydrogen (secondary N) is 1. The summed E-state index contributed by atoms with van der Waals surface area (Å²) in [6.45, 7) is 4.52. The number of hydrogen-bond acceptors (Lipinski definition) is 5. The van der Waals surface area contributed by atoms with Gasteiger partial charge in [0.1, 0.15) is 6.61 Å². The molecule has 8 nitrogen and oxygen atoms in total. The molecule has 1 fully saturated rings. The Balaban J connectivity index is 1.28. The number of hydrogen-bond donors (Lipinski definition) is 2. The highest BCUT2D eigenvalue weighted by Crippen LogP contribution is 2.44. The van der Waals surface area contributed by atoms with E-state index in [0.717, 1.165) is 22.3 Å². The predicted molar refractivity (Wildman–Crippen MR) is 125 cm³/mol. The van der Waals surface area contributed by atoms with Gasteiger partial charge < -0.3 is 24.8 Å². The minimum Gasteiger partial charge on any atom is -0.481 e. The summed E-state index contributed by atoms with van der Waals surface area (Å²) in [7, 11) is 0. The van der Waals surface area contributed by atoms with Crippen LogP contribution in [0.5, 0.6) is 0 Å². The molecule has 1 aliphatic carbocycles. The van der Waals surface area contributed by atoms with Gasteiger partial charge in [0.2, 0.25) is 5.91 Å². The second kappa shape index (κ2) is 9.85. The number of ether oxygens (including phenoxy) is 2. The molecule has 4 rings (SSSR count). The number of likely N-dealkylation sites (tertiary alicyclic amines) is 1. The third-order valence-electron chi connectivity index (χ3n) is 6.57. The molecule has 0 spiro atoms. The first-order chi connectivity index (χ1) is 16.3. The molecule has 2 aliphatic rings. The first-order valence-corrected chi connectivity index (χ1v) is 11.5. The molecule has 0 radical (unpaired) electrons. The quantitative estimate of drug-likeness (QED) is 0.588. The van der Waals surface area contributed by atoms with E-state index in [1.54, 1.807) is 6.92 Å². The number of carbonyl (C=O) groups is 3. The molecule has 1 aliphatic heterocycles. The number of aliphatic carboxylic acids is 1. The number of carboxylic acid groups (broad SMARTS) is 1. The number of carboxylic acids is 1. The highest BCUT2D eigenvalue weighted by Gasteiger charge is 2.47. The van der Waals surface area contributed by atoms with Crippen molar-refractivity contribution in [2.75, 3.05) is 32.8 Å². The molecule has 34 heavy (non-hydrogen) atoms. The number of rotatable bonds is 9. The molecule has 8 heteroatoms. The van der Waals surface area contributed by atoms with E-state index in [-0.39, 0.29) is 44.5 Å². The standard InChI is InChI=1S/C26H30N2O6/c1-3-33-17(12-23(29)28-15-26(2,16-28)24(30)31)13-27-25(32)34-14-22-20-10-6-4-8-18(20)19-9-5-7-11-21(19)22/h4-11,17,22H,3,12-16H2,1-2H3,(H,27,32)(H,30,31). The molecule has 180 valence electrons. The van der Waals surface area contributed by atoms with Crippen molar-refractivity contribution in [3.05, 3.63) is 59.7 Å². The summed E-state index contributed by atoms with van der Waals surface area (Å²) < 4.78 is 11.2. The maximum absolute atomic E-state index is 12.5. The highest BCUT2D eigenvalue weighted by molar-refractivity contribution is 5.83. The van der Waals surface area contributed by atoms with E-state index in [0.29, 0.717) is 6.61 Å². The molecule has 0 aromatic heterocycles. The average Bonchev–Trinajstić information content (AvgIpc) is 3.12. The van der Waals surface area contributed by atoms with Crippen molar-refractivity contribution in [2.24, 2.45) is 5.41 Å². The van der Waals surface area contributed by atoms with Gasteiger partial charge in [-0.05, 0) is 36.1 Å². The molecule has 1 atom stereocenters. The monoisotopic (exact) mass is 466 g/mol. The summed E-state index contributed by atoms with van der Waals surface area (Å²) in [5, 5.41) is 11.9. The van der Waals surface area contributed by atoms with Crippen LogP contribution in [-0.4, -0.2) is 66.9 Å². The van der Waals surface area contributed by atoms with Crippen LogP contribution in [-0.2, 0) is 19.1 Å². The Hall–Kier alpha value is -3.39. The van der Waals surface area contributed by atoms with Crippen LogP contribution in [0.15, 0.2) is 48.5 Å². The van der Waals surface area contributed by atoms with Gasteiger partial charge in [-0.25, -0.2) is 4.79 Å². The number of fused-ring (bicyclic) bond motifs is 3. The maximum atomic E-state index is 12.5. The van der Waals surface area contributed by atoms with Gasteiger partial charge >= 0.3 is 12.1 Å². The lowest BCUT2D eigenvalue weighted by atomic mass is 9.82. The summed E-state index contributed by atoms with van der Waals surface area (Å²) in [4.78, 5) is 37.7. The van der Waals surface area contributed by atoms with Crippen molar-refractivity contribution < 1.29 is 29.0 Å². The van der Waals surface area contributed by atoms with Crippen molar-refractivity contribution in [3.8, 4) is 11.1 Å². The minimum atomic E-state index is -0.908. The minimum absolute atomic E-state index is 0.0302. The zero-order chi connectivity index (χ0) is 24.3. The lowest BCUT2D eigenvalue weighted by Crippen LogP contribution is -2.61. The van der Waals surface area contributed by atoms with Gasteiger partial charge in [0.05, 0.1) is 17.9 Å². The predicted octanol–water partition coefficient (Wildman–Crippen LogP) is 3.25. The fourth-order valence-corrected chi connectivity index (χ4v) is 4.70. The van der Waals surface area contributed by atoms with Crippen LogP contribution in [0, 0.1) is 5.41 Å². The van der Waals surface area contributed by atoms with Crippen LogP contribution in [0.4, 0.5) is 4.79 Å². The van der Waals surface area contributed by atoms with Gasteiger partial charge in [0, 0.05) is 32.2 Å². The van der Waals surface area contributed by atoms with E-state index >= 15 is 0 Å². The molecule has 1 unspecified atom stereocenters. The van der Waals surface area contributed by atoms with Crippen molar-refractivity contribution in [1.82, 2.24) is 10.2 Å². The lowest BCUT2D eigenvalue weighted by Gasteiger charge is -2.45. The van der Waals surface area contributed by atoms with Gasteiger partial charge in [0.25, 0.3) is 0 Å². The van der Waals surface area contributed by atoms with Crippen LogP contribution in [0.3, 0.4) is 0 Å². The second-order valence-corrected chi connectivity index (χ2v) is 9.10. The SMILES string of the molecule is CCOC(CNC(=O)OCC1c2ccccc2-c2ccccc21)CC(=O)N1CC(C)(C(=O)O)C1. The Bertz CT molecular complexity index is 1030. The van der Waals surface area contributed by atoms with Crippen LogP contribution in [0.25, 0.3) is 11.1 Å². The topological polar surface area (TPSA) is 105 Å².